The number of hydrogen-bond donors (Lipinski definition) is 3. The Morgan fingerprint density at radius 1 is 1.21 bits per heavy atom. The van der Waals surface area contributed by atoms with Gasteiger partial charge < -0.3 is 15.7 Å². The standard InChI is InChI=1S/C21H26N6OS/c1-11-7-14(8-16(11)28)25-19-18(20-26-15-10-22-6-5-17(15)29-20)12(2)24-21(27-19)23-9-13-3-4-13/h5-6,10-11,13-14,16,28H,3-4,7-9H2,1-2H3,(H2,23,24,25,27)/t11-,14+,16-/m0/s1. The summed E-state index contributed by atoms with van der Waals surface area (Å²) in [7, 11) is 0. The number of aliphatic hydroxyl groups is 1. The highest BCUT2D eigenvalue weighted by Crippen LogP contribution is 2.38. The first kappa shape index (κ1) is 18.7. The van der Waals surface area contributed by atoms with Gasteiger partial charge in [-0.3, -0.25) is 4.98 Å². The predicted molar refractivity (Wildman–Crippen MR) is 116 cm³/mol. The van der Waals surface area contributed by atoms with Gasteiger partial charge in [-0.05, 0) is 50.5 Å². The maximum absolute atomic E-state index is 10.2. The van der Waals surface area contributed by atoms with E-state index < -0.39 is 0 Å². The van der Waals surface area contributed by atoms with Gasteiger partial charge in [0.15, 0.2) is 0 Å². The van der Waals surface area contributed by atoms with Crippen molar-refractivity contribution in [1.82, 2.24) is 19.9 Å². The maximum Gasteiger partial charge on any atom is 0.224 e. The van der Waals surface area contributed by atoms with Crippen molar-refractivity contribution < 1.29 is 5.11 Å². The van der Waals surface area contributed by atoms with Gasteiger partial charge in [-0.25, -0.2) is 9.97 Å². The lowest BCUT2D eigenvalue weighted by atomic mass is 10.1. The minimum Gasteiger partial charge on any atom is -0.393 e. The molecule has 0 spiro atoms. The lowest BCUT2D eigenvalue weighted by molar-refractivity contribution is 0.141. The molecule has 0 aliphatic heterocycles. The SMILES string of the molecule is Cc1nc(NCC2CC2)nc(N[C@@H]2C[C@H](C)[C@@H](O)C2)c1-c1nc2cnccc2s1. The van der Waals surface area contributed by atoms with E-state index in [-0.39, 0.29) is 12.1 Å². The molecule has 3 heterocycles. The molecule has 7 nitrogen and oxygen atoms in total. The molecule has 8 heteroatoms. The van der Waals surface area contributed by atoms with Crippen LogP contribution in [0.25, 0.3) is 20.8 Å². The van der Waals surface area contributed by atoms with Gasteiger partial charge in [0.05, 0.1) is 28.3 Å². The smallest absolute Gasteiger partial charge is 0.224 e. The summed E-state index contributed by atoms with van der Waals surface area (Å²) in [6.07, 6.45) is 7.55. The van der Waals surface area contributed by atoms with Gasteiger partial charge in [0.2, 0.25) is 5.95 Å². The third kappa shape index (κ3) is 3.91. The van der Waals surface area contributed by atoms with Crippen LogP contribution in [0.15, 0.2) is 18.5 Å². The molecular formula is C21H26N6OS. The first-order valence-electron chi connectivity index (χ1n) is 10.3. The fourth-order valence-corrected chi connectivity index (χ4v) is 5.02. The zero-order valence-corrected chi connectivity index (χ0v) is 17.5. The molecule has 2 fully saturated rings. The molecule has 29 heavy (non-hydrogen) atoms. The van der Waals surface area contributed by atoms with Crippen LogP contribution < -0.4 is 10.6 Å². The molecular weight excluding hydrogens is 384 g/mol. The van der Waals surface area contributed by atoms with Crippen molar-refractivity contribution in [1.29, 1.82) is 0 Å². The number of aromatic nitrogens is 4. The van der Waals surface area contributed by atoms with E-state index in [4.69, 9.17) is 15.0 Å². The lowest BCUT2D eigenvalue weighted by Crippen LogP contribution is -2.19. The number of rotatable bonds is 6. The Labute approximate surface area is 174 Å². The number of nitrogens with one attached hydrogen (secondary N) is 2. The average Bonchev–Trinajstić information content (AvgIpc) is 3.34. The number of anilines is 2. The Morgan fingerprint density at radius 3 is 2.79 bits per heavy atom. The summed E-state index contributed by atoms with van der Waals surface area (Å²) in [5.41, 5.74) is 2.73. The van der Waals surface area contributed by atoms with Gasteiger partial charge in [-0.2, -0.15) is 4.98 Å². The number of aryl methyl sites for hydroxylation is 1. The zero-order valence-electron chi connectivity index (χ0n) is 16.7. The fourth-order valence-electron chi connectivity index (χ4n) is 3.99. The van der Waals surface area contributed by atoms with E-state index in [9.17, 15) is 5.11 Å². The van der Waals surface area contributed by atoms with Gasteiger partial charge in [0, 0.05) is 18.8 Å². The van der Waals surface area contributed by atoms with Crippen LogP contribution in [0.3, 0.4) is 0 Å². The number of aliphatic hydroxyl groups excluding tert-OH is 1. The van der Waals surface area contributed by atoms with Crippen LogP contribution in [0.2, 0.25) is 0 Å². The Morgan fingerprint density at radius 2 is 2.07 bits per heavy atom. The van der Waals surface area contributed by atoms with Crippen LogP contribution in [0.4, 0.5) is 11.8 Å². The molecule has 0 saturated heterocycles. The molecule has 2 saturated carbocycles. The van der Waals surface area contributed by atoms with Crippen LogP contribution in [0, 0.1) is 18.8 Å². The van der Waals surface area contributed by atoms with E-state index in [2.05, 4.69) is 22.5 Å². The Kier molecular flexibility index (Phi) is 4.83. The van der Waals surface area contributed by atoms with E-state index in [1.54, 1.807) is 23.7 Å². The minimum atomic E-state index is -0.264. The molecule has 3 aromatic heterocycles. The summed E-state index contributed by atoms with van der Waals surface area (Å²) in [6.45, 7) is 5.03. The fraction of sp³-hybridized carbons (Fsp3) is 0.524. The van der Waals surface area contributed by atoms with Gasteiger partial charge in [0.1, 0.15) is 16.3 Å². The van der Waals surface area contributed by atoms with Crippen LogP contribution in [-0.4, -0.2) is 43.7 Å². The number of nitrogens with zero attached hydrogens (tertiary/aromatic N) is 4. The van der Waals surface area contributed by atoms with Crippen molar-refractivity contribution >= 4 is 33.3 Å². The van der Waals surface area contributed by atoms with Crippen molar-refractivity contribution in [2.45, 2.75) is 51.7 Å². The highest BCUT2D eigenvalue weighted by atomic mass is 32.1. The molecule has 0 aromatic carbocycles. The van der Waals surface area contributed by atoms with Gasteiger partial charge in [0.25, 0.3) is 0 Å². The van der Waals surface area contributed by atoms with Gasteiger partial charge in [-0.1, -0.05) is 6.92 Å². The normalized spacial score (nSPS) is 24.2. The van der Waals surface area contributed by atoms with Crippen molar-refractivity contribution in [2.24, 2.45) is 11.8 Å². The van der Waals surface area contributed by atoms with E-state index in [0.29, 0.717) is 11.9 Å². The molecule has 5 rings (SSSR count). The molecule has 3 N–H and O–H groups in total. The number of thiazole rings is 1. The Bertz CT molecular complexity index is 990. The van der Waals surface area contributed by atoms with Crippen molar-refractivity contribution in [2.75, 3.05) is 17.2 Å². The summed E-state index contributed by atoms with van der Waals surface area (Å²) in [6, 6.07) is 2.18. The topological polar surface area (TPSA) is 95.9 Å². The van der Waals surface area contributed by atoms with Gasteiger partial charge >= 0.3 is 0 Å². The third-order valence-electron chi connectivity index (χ3n) is 5.92. The van der Waals surface area contributed by atoms with E-state index >= 15 is 0 Å². The molecule has 3 aromatic rings. The highest BCUT2D eigenvalue weighted by Gasteiger charge is 2.31. The van der Waals surface area contributed by atoms with Crippen molar-refractivity contribution in [3.63, 3.8) is 0 Å². The van der Waals surface area contributed by atoms with Crippen LogP contribution >= 0.6 is 11.3 Å². The second-order valence-electron chi connectivity index (χ2n) is 8.40. The highest BCUT2D eigenvalue weighted by molar-refractivity contribution is 7.21. The largest absolute Gasteiger partial charge is 0.393 e. The van der Waals surface area contributed by atoms with E-state index in [1.165, 1.54) is 12.8 Å². The van der Waals surface area contributed by atoms with E-state index in [1.807, 2.05) is 13.0 Å². The maximum atomic E-state index is 10.2. The summed E-state index contributed by atoms with van der Waals surface area (Å²) in [5, 5.41) is 18.1. The number of pyridine rings is 1. The molecule has 152 valence electrons. The lowest BCUT2D eigenvalue weighted by Gasteiger charge is -2.18. The summed E-state index contributed by atoms with van der Waals surface area (Å²) in [4.78, 5) is 18.5. The summed E-state index contributed by atoms with van der Waals surface area (Å²) < 4.78 is 1.10. The third-order valence-corrected chi connectivity index (χ3v) is 6.97. The molecule has 3 atom stereocenters. The molecule has 0 radical (unpaired) electrons. The summed E-state index contributed by atoms with van der Waals surface area (Å²) in [5.74, 6) is 2.50. The predicted octanol–water partition coefficient (Wildman–Crippen LogP) is 3.85. The van der Waals surface area contributed by atoms with Crippen LogP contribution in [0.1, 0.15) is 38.3 Å². The van der Waals surface area contributed by atoms with Crippen molar-refractivity contribution in [3.8, 4) is 10.6 Å². The molecule has 2 aliphatic rings. The molecule has 0 amide bonds. The van der Waals surface area contributed by atoms with Crippen LogP contribution in [-0.2, 0) is 0 Å². The molecule has 0 unspecified atom stereocenters. The zero-order chi connectivity index (χ0) is 20.0. The average molecular weight is 411 g/mol. The molecule has 0 bridgehead atoms. The Hall–Kier alpha value is -2.32. The Balaban J connectivity index is 1.52. The monoisotopic (exact) mass is 410 g/mol. The quantitative estimate of drug-likeness (QED) is 0.568. The first-order chi connectivity index (χ1) is 14.1. The second kappa shape index (κ2) is 7.50. The first-order valence-corrected chi connectivity index (χ1v) is 11.2. The van der Waals surface area contributed by atoms with Crippen molar-refractivity contribution in [3.05, 3.63) is 24.2 Å². The number of hydrogen-bond acceptors (Lipinski definition) is 8. The minimum absolute atomic E-state index is 0.195. The van der Waals surface area contributed by atoms with E-state index in [0.717, 1.165) is 57.6 Å². The van der Waals surface area contributed by atoms with Gasteiger partial charge in [-0.15, -0.1) is 11.3 Å². The summed E-state index contributed by atoms with van der Waals surface area (Å²) >= 11 is 1.63. The van der Waals surface area contributed by atoms with Crippen LogP contribution in [0.5, 0.6) is 0 Å². The molecule has 2 aliphatic carbocycles. The number of fused-ring (bicyclic) bond motifs is 1. The second-order valence-corrected chi connectivity index (χ2v) is 9.43.